The number of carbonyl (C=O) groups excluding carboxylic acids is 2. The van der Waals surface area contributed by atoms with E-state index in [9.17, 15) is 9.59 Å². The number of hydrogen-bond donors (Lipinski definition) is 1. The van der Waals surface area contributed by atoms with Crippen molar-refractivity contribution >= 4 is 23.2 Å². The Kier molecular flexibility index (Phi) is 5.62. The van der Waals surface area contributed by atoms with Crippen LogP contribution < -0.4 is 5.32 Å². The van der Waals surface area contributed by atoms with Gasteiger partial charge in [0.1, 0.15) is 0 Å². The van der Waals surface area contributed by atoms with Crippen molar-refractivity contribution < 1.29 is 9.59 Å². The Balaban J connectivity index is 2.10. The normalized spacial score (nSPS) is 17.2. The fourth-order valence-corrected chi connectivity index (χ4v) is 4.10. The molecule has 0 aromatic carbocycles. The number of amides is 2. The van der Waals surface area contributed by atoms with Crippen LogP contribution in [0.3, 0.4) is 0 Å². The zero-order valence-corrected chi connectivity index (χ0v) is 14.8. The number of nitrogens with zero attached hydrogens (tertiary/aromatic N) is 1. The SMILES string of the molecule is CCN(CC)C(=O)c1cc2c(s1)CCC(C(=O)NC(C)C)C2. The van der Waals surface area contributed by atoms with Gasteiger partial charge in [0.2, 0.25) is 5.91 Å². The van der Waals surface area contributed by atoms with E-state index in [0.29, 0.717) is 0 Å². The number of nitrogens with one attached hydrogen (secondary N) is 1. The number of carbonyl (C=O) groups is 2. The Morgan fingerprint density at radius 1 is 1.36 bits per heavy atom. The highest BCUT2D eigenvalue weighted by Crippen LogP contribution is 2.33. The van der Waals surface area contributed by atoms with Gasteiger partial charge < -0.3 is 10.2 Å². The average Bonchev–Trinajstić information content (AvgIpc) is 2.90. The molecule has 1 atom stereocenters. The minimum absolute atomic E-state index is 0.0425. The van der Waals surface area contributed by atoms with Gasteiger partial charge in [-0.15, -0.1) is 11.3 Å². The van der Waals surface area contributed by atoms with E-state index in [1.807, 2.05) is 38.7 Å². The van der Waals surface area contributed by atoms with Gasteiger partial charge >= 0.3 is 0 Å². The first-order chi connectivity index (χ1) is 10.5. The van der Waals surface area contributed by atoms with E-state index < -0.39 is 0 Å². The molecule has 1 heterocycles. The van der Waals surface area contributed by atoms with Crippen molar-refractivity contribution in [2.75, 3.05) is 13.1 Å². The fraction of sp³-hybridized carbons (Fsp3) is 0.647. The first-order valence-corrected chi connectivity index (χ1v) is 8.99. The van der Waals surface area contributed by atoms with Gasteiger partial charge in [0.25, 0.3) is 5.91 Å². The van der Waals surface area contributed by atoms with Crippen molar-refractivity contribution in [3.8, 4) is 0 Å². The van der Waals surface area contributed by atoms with Crippen LogP contribution in [-0.4, -0.2) is 35.8 Å². The van der Waals surface area contributed by atoms with Crippen molar-refractivity contribution in [1.82, 2.24) is 10.2 Å². The van der Waals surface area contributed by atoms with E-state index in [2.05, 4.69) is 5.32 Å². The summed E-state index contributed by atoms with van der Waals surface area (Å²) < 4.78 is 0. The highest BCUT2D eigenvalue weighted by molar-refractivity contribution is 7.14. The van der Waals surface area contributed by atoms with Crippen LogP contribution in [-0.2, 0) is 17.6 Å². The molecule has 5 heteroatoms. The van der Waals surface area contributed by atoms with Crippen LogP contribution in [0, 0.1) is 5.92 Å². The topological polar surface area (TPSA) is 49.4 Å². The van der Waals surface area contributed by atoms with Gasteiger partial charge in [0.05, 0.1) is 4.88 Å². The van der Waals surface area contributed by atoms with Crippen LogP contribution in [0.1, 0.15) is 54.2 Å². The largest absolute Gasteiger partial charge is 0.354 e. The predicted octanol–water partition coefficient (Wildman–Crippen LogP) is 2.86. The standard InChI is InChI=1S/C17H26N2O2S/c1-5-19(6-2)17(21)15-10-13-9-12(7-8-14(13)22-15)16(20)18-11(3)4/h10-12H,5-9H2,1-4H3,(H,18,20). The molecule has 2 amide bonds. The lowest BCUT2D eigenvalue weighted by Crippen LogP contribution is -2.37. The molecule has 1 unspecified atom stereocenters. The molecule has 0 saturated heterocycles. The Hall–Kier alpha value is -1.36. The van der Waals surface area contributed by atoms with Gasteiger partial charge in [-0.2, -0.15) is 0 Å². The van der Waals surface area contributed by atoms with Crippen molar-refractivity contribution in [3.05, 3.63) is 21.4 Å². The quantitative estimate of drug-likeness (QED) is 0.906. The van der Waals surface area contributed by atoms with Crippen molar-refractivity contribution in [3.63, 3.8) is 0 Å². The molecule has 0 saturated carbocycles. The first-order valence-electron chi connectivity index (χ1n) is 8.17. The van der Waals surface area contributed by atoms with Crippen LogP contribution >= 0.6 is 11.3 Å². The van der Waals surface area contributed by atoms with Crippen LogP contribution in [0.4, 0.5) is 0 Å². The zero-order chi connectivity index (χ0) is 16.3. The van der Waals surface area contributed by atoms with Gasteiger partial charge in [-0.05, 0) is 58.6 Å². The summed E-state index contributed by atoms with van der Waals surface area (Å²) in [6, 6.07) is 2.19. The summed E-state index contributed by atoms with van der Waals surface area (Å²) in [7, 11) is 0. The molecule has 0 radical (unpaired) electrons. The molecule has 1 aromatic heterocycles. The Labute approximate surface area is 136 Å². The molecule has 4 nitrogen and oxygen atoms in total. The lowest BCUT2D eigenvalue weighted by Gasteiger charge is -2.22. The second-order valence-electron chi connectivity index (χ2n) is 6.14. The smallest absolute Gasteiger partial charge is 0.263 e. The summed E-state index contributed by atoms with van der Waals surface area (Å²) in [4.78, 5) is 28.6. The zero-order valence-electron chi connectivity index (χ0n) is 13.9. The van der Waals surface area contributed by atoms with Crippen molar-refractivity contribution in [1.29, 1.82) is 0 Å². The predicted molar refractivity (Wildman–Crippen MR) is 90.4 cm³/mol. The van der Waals surface area contributed by atoms with E-state index >= 15 is 0 Å². The molecule has 0 aliphatic heterocycles. The third kappa shape index (κ3) is 3.69. The highest BCUT2D eigenvalue weighted by atomic mass is 32.1. The number of aryl methyl sites for hydroxylation is 1. The molecule has 2 rings (SSSR count). The minimum Gasteiger partial charge on any atom is -0.354 e. The van der Waals surface area contributed by atoms with E-state index in [-0.39, 0.29) is 23.8 Å². The van der Waals surface area contributed by atoms with E-state index in [4.69, 9.17) is 0 Å². The summed E-state index contributed by atoms with van der Waals surface area (Å²) in [5, 5.41) is 3.00. The molecule has 22 heavy (non-hydrogen) atoms. The molecule has 0 spiro atoms. The summed E-state index contributed by atoms with van der Waals surface area (Å²) >= 11 is 1.61. The Morgan fingerprint density at radius 2 is 2.05 bits per heavy atom. The van der Waals surface area contributed by atoms with Crippen LogP contribution in [0.2, 0.25) is 0 Å². The first kappa shape index (κ1) is 17.0. The van der Waals surface area contributed by atoms with Crippen molar-refractivity contribution in [2.24, 2.45) is 5.92 Å². The number of thiophene rings is 1. The number of rotatable bonds is 5. The van der Waals surface area contributed by atoms with E-state index in [1.54, 1.807) is 11.3 Å². The van der Waals surface area contributed by atoms with E-state index in [1.165, 1.54) is 10.4 Å². The van der Waals surface area contributed by atoms with Gasteiger partial charge in [-0.25, -0.2) is 0 Å². The van der Waals surface area contributed by atoms with Crippen LogP contribution in [0.15, 0.2) is 6.07 Å². The van der Waals surface area contributed by atoms with Crippen molar-refractivity contribution in [2.45, 2.75) is 53.0 Å². The Bertz CT molecular complexity index is 547. The molecule has 1 aromatic rings. The van der Waals surface area contributed by atoms with Gasteiger partial charge in [0.15, 0.2) is 0 Å². The lowest BCUT2D eigenvalue weighted by atomic mass is 9.87. The summed E-state index contributed by atoms with van der Waals surface area (Å²) in [5.74, 6) is 0.303. The fourth-order valence-electron chi connectivity index (χ4n) is 2.92. The van der Waals surface area contributed by atoms with Gasteiger partial charge in [-0.1, -0.05) is 0 Å². The summed E-state index contributed by atoms with van der Waals surface area (Å²) in [6.45, 7) is 9.44. The molecule has 0 bridgehead atoms. The Morgan fingerprint density at radius 3 is 2.64 bits per heavy atom. The maximum Gasteiger partial charge on any atom is 0.263 e. The molecule has 122 valence electrons. The second kappa shape index (κ2) is 7.27. The third-order valence-corrected chi connectivity index (χ3v) is 5.37. The molecule has 1 N–H and O–H groups in total. The van der Waals surface area contributed by atoms with Crippen LogP contribution in [0.5, 0.6) is 0 Å². The molecular weight excluding hydrogens is 296 g/mol. The summed E-state index contributed by atoms with van der Waals surface area (Å²) in [5.41, 5.74) is 1.19. The second-order valence-corrected chi connectivity index (χ2v) is 7.28. The van der Waals surface area contributed by atoms with Gasteiger partial charge in [-0.3, -0.25) is 9.59 Å². The lowest BCUT2D eigenvalue weighted by molar-refractivity contribution is -0.125. The maximum absolute atomic E-state index is 12.4. The average molecular weight is 322 g/mol. The van der Waals surface area contributed by atoms with Gasteiger partial charge in [0, 0.05) is 29.9 Å². The minimum atomic E-state index is 0.0425. The molecule has 0 fully saturated rings. The van der Waals surface area contributed by atoms with E-state index in [0.717, 1.165) is 37.2 Å². The number of fused-ring (bicyclic) bond motifs is 1. The maximum atomic E-state index is 12.4. The highest BCUT2D eigenvalue weighted by Gasteiger charge is 2.28. The molecule has 1 aliphatic carbocycles. The third-order valence-electron chi connectivity index (χ3n) is 4.15. The van der Waals surface area contributed by atoms with Crippen LogP contribution in [0.25, 0.3) is 0 Å². The monoisotopic (exact) mass is 322 g/mol. The number of hydrogen-bond acceptors (Lipinski definition) is 3. The molecular formula is C17H26N2O2S. The summed E-state index contributed by atoms with van der Waals surface area (Å²) in [6.07, 6.45) is 2.54. The molecule has 1 aliphatic rings.